The van der Waals surface area contributed by atoms with E-state index in [9.17, 15) is 9.59 Å². The van der Waals surface area contributed by atoms with Crippen LogP contribution in [0.3, 0.4) is 0 Å². The van der Waals surface area contributed by atoms with Crippen molar-refractivity contribution in [2.75, 3.05) is 48.1 Å². The molecule has 2 fully saturated rings. The molecule has 4 atom stereocenters. The van der Waals surface area contributed by atoms with Crippen LogP contribution >= 0.6 is 23.2 Å². The SMILES string of the molecule is CCC1(C2CCNC2)C(c2ccc(Cl)c(Cl)c2)C(C(N)=O)(c2cccc(OC)c2)CCN1C(=O)c1cc(OC)c(OC)c(OC)c1. The Labute approximate surface area is 280 Å². The lowest BCUT2D eigenvalue weighted by Gasteiger charge is -2.61. The number of carbonyl (C=O) groups excluding carboxylic acids is 2. The summed E-state index contributed by atoms with van der Waals surface area (Å²) in [6.07, 6.45) is 1.58. The monoisotopic (exact) mass is 669 g/mol. The van der Waals surface area contributed by atoms with Crippen LogP contribution in [0.1, 0.15) is 53.6 Å². The molecule has 0 spiro atoms. The van der Waals surface area contributed by atoms with Crippen molar-refractivity contribution in [2.24, 2.45) is 11.7 Å². The molecule has 0 bridgehead atoms. The van der Waals surface area contributed by atoms with Gasteiger partial charge in [-0.1, -0.05) is 48.3 Å². The normalized spacial score (nSPS) is 24.4. The number of nitrogens with zero attached hydrogens (tertiary/aromatic N) is 1. The predicted molar refractivity (Wildman–Crippen MR) is 179 cm³/mol. The number of piperidine rings is 1. The van der Waals surface area contributed by atoms with E-state index in [1.54, 1.807) is 25.3 Å². The number of nitrogens with two attached hydrogens (primary N) is 1. The van der Waals surface area contributed by atoms with Crippen molar-refractivity contribution in [1.29, 1.82) is 0 Å². The molecule has 0 aromatic heterocycles. The van der Waals surface area contributed by atoms with E-state index < -0.39 is 22.8 Å². The molecule has 9 nitrogen and oxygen atoms in total. The Balaban J connectivity index is 1.82. The molecule has 3 N–H and O–H groups in total. The molecule has 4 unspecified atom stereocenters. The third-order valence-electron chi connectivity index (χ3n) is 10.0. The molecule has 46 heavy (non-hydrogen) atoms. The highest BCUT2D eigenvalue weighted by atomic mass is 35.5. The second kappa shape index (κ2) is 13.6. The average molecular weight is 671 g/mol. The van der Waals surface area contributed by atoms with Crippen LogP contribution in [-0.2, 0) is 10.2 Å². The van der Waals surface area contributed by atoms with Crippen LogP contribution in [0, 0.1) is 5.92 Å². The average Bonchev–Trinajstić information content (AvgIpc) is 3.63. The molecule has 11 heteroatoms. The van der Waals surface area contributed by atoms with Gasteiger partial charge in [0.05, 0.1) is 49.4 Å². The number of halogens is 2. The topological polar surface area (TPSA) is 112 Å². The maximum absolute atomic E-state index is 15.0. The number of benzene rings is 3. The zero-order chi connectivity index (χ0) is 33.2. The Kier molecular flexibility index (Phi) is 9.96. The van der Waals surface area contributed by atoms with Crippen molar-refractivity contribution in [3.8, 4) is 23.0 Å². The lowest BCUT2D eigenvalue weighted by molar-refractivity contribution is -0.131. The van der Waals surface area contributed by atoms with Crippen LogP contribution < -0.4 is 30.0 Å². The minimum atomic E-state index is -1.23. The quantitative estimate of drug-likeness (QED) is 0.279. The van der Waals surface area contributed by atoms with Crippen molar-refractivity contribution in [3.05, 3.63) is 81.3 Å². The number of ether oxygens (including phenoxy) is 4. The molecular formula is C35H41Cl2N3O6. The third kappa shape index (κ3) is 5.42. The molecule has 3 aromatic rings. The molecule has 2 saturated heterocycles. The van der Waals surface area contributed by atoms with Crippen LogP contribution in [0.25, 0.3) is 0 Å². The van der Waals surface area contributed by atoms with E-state index in [4.69, 9.17) is 47.9 Å². The number of hydrogen-bond acceptors (Lipinski definition) is 7. The second-order valence-corrected chi connectivity index (χ2v) is 12.6. The highest BCUT2D eigenvalue weighted by molar-refractivity contribution is 6.42. The number of likely N-dealkylation sites (tertiary alicyclic amines) is 1. The summed E-state index contributed by atoms with van der Waals surface area (Å²) in [6, 6.07) is 16.3. The van der Waals surface area contributed by atoms with E-state index in [1.165, 1.54) is 21.3 Å². The number of methoxy groups -OCH3 is 4. The smallest absolute Gasteiger partial charge is 0.254 e. The first-order valence-electron chi connectivity index (χ1n) is 15.3. The highest BCUT2D eigenvalue weighted by Crippen LogP contribution is 2.59. The lowest BCUT2D eigenvalue weighted by atomic mass is 9.51. The summed E-state index contributed by atoms with van der Waals surface area (Å²) >= 11 is 13.1. The molecule has 0 aliphatic carbocycles. The fourth-order valence-corrected chi connectivity index (χ4v) is 8.29. The van der Waals surface area contributed by atoms with Gasteiger partial charge in [0.25, 0.3) is 5.91 Å². The number of carbonyl (C=O) groups is 2. The maximum Gasteiger partial charge on any atom is 0.254 e. The van der Waals surface area contributed by atoms with Crippen LogP contribution in [-0.4, -0.2) is 70.3 Å². The molecule has 246 valence electrons. The van der Waals surface area contributed by atoms with Crippen molar-refractivity contribution in [1.82, 2.24) is 10.2 Å². The summed E-state index contributed by atoms with van der Waals surface area (Å²) in [5.41, 5.74) is 6.28. The molecule has 3 aromatic carbocycles. The maximum atomic E-state index is 15.0. The molecule has 2 aliphatic rings. The molecular weight excluding hydrogens is 629 g/mol. The number of hydrogen-bond donors (Lipinski definition) is 2. The Bertz CT molecular complexity index is 1590. The summed E-state index contributed by atoms with van der Waals surface area (Å²) in [4.78, 5) is 31.1. The Morgan fingerprint density at radius 2 is 1.67 bits per heavy atom. The van der Waals surface area contributed by atoms with Crippen molar-refractivity contribution in [3.63, 3.8) is 0 Å². The molecule has 2 amide bonds. The van der Waals surface area contributed by atoms with E-state index in [-0.39, 0.29) is 24.8 Å². The first kappa shape index (κ1) is 33.7. The van der Waals surface area contributed by atoms with Gasteiger partial charge in [-0.05, 0) is 79.3 Å². The number of amides is 2. The van der Waals surface area contributed by atoms with Crippen molar-refractivity contribution in [2.45, 2.75) is 43.1 Å². The van der Waals surface area contributed by atoms with Crippen molar-refractivity contribution >= 4 is 35.0 Å². The number of rotatable bonds is 10. The van der Waals surface area contributed by atoms with Gasteiger partial charge in [0.2, 0.25) is 11.7 Å². The zero-order valence-electron chi connectivity index (χ0n) is 26.8. The van der Waals surface area contributed by atoms with Crippen LogP contribution in [0.4, 0.5) is 0 Å². The molecule has 2 aliphatic heterocycles. The van der Waals surface area contributed by atoms with Crippen LogP contribution in [0.5, 0.6) is 23.0 Å². The highest BCUT2D eigenvalue weighted by Gasteiger charge is 2.64. The minimum absolute atomic E-state index is 0.0347. The first-order chi connectivity index (χ1) is 22.1. The summed E-state index contributed by atoms with van der Waals surface area (Å²) in [5, 5.41) is 4.25. The van der Waals surface area contributed by atoms with Gasteiger partial charge >= 0.3 is 0 Å². The fourth-order valence-electron chi connectivity index (χ4n) is 7.98. The molecule has 0 saturated carbocycles. The number of primary amides is 1. The Hall–Kier alpha value is -3.66. The van der Waals surface area contributed by atoms with Gasteiger partial charge in [-0.3, -0.25) is 9.59 Å². The van der Waals surface area contributed by atoms with Gasteiger partial charge in [0.1, 0.15) is 5.75 Å². The van der Waals surface area contributed by atoms with Gasteiger partial charge in [-0.15, -0.1) is 0 Å². The summed E-state index contributed by atoms with van der Waals surface area (Å²) < 4.78 is 22.4. The van der Waals surface area contributed by atoms with Gasteiger partial charge in [0, 0.05) is 24.6 Å². The summed E-state index contributed by atoms with van der Waals surface area (Å²) in [6.45, 7) is 3.76. The molecule has 0 radical (unpaired) electrons. The largest absolute Gasteiger partial charge is 0.497 e. The van der Waals surface area contributed by atoms with Gasteiger partial charge < -0.3 is 34.9 Å². The van der Waals surface area contributed by atoms with Crippen molar-refractivity contribution < 1.29 is 28.5 Å². The zero-order valence-corrected chi connectivity index (χ0v) is 28.3. The molecule has 2 heterocycles. The first-order valence-corrected chi connectivity index (χ1v) is 16.1. The summed E-state index contributed by atoms with van der Waals surface area (Å²) in [5.74, 6) is 0.392. The number of nitrogens with one attached hydrogen (secondary N) is 1. The fraction of sp³-hybridized carbons (Fsp3) is 0.429. The van der Waals surface area contributed by atoms with E-state index in [0.717, 1.165) is 24.1 Å². The standard InChI is InChI=1S/C35H41Cl2N3O6/c1-6-35(24-12-14-39-20-24)31(21-10-11-26(36)27(37)16-21)34(33(38)42,23-8-7-9-25(19-23)43-2)13-15-40(35)32(41)22-17-28(44-3)30(46-5)29(18-22)45-4/h7-11,16-19,24,31,39H,6,12-15,20H2,1-5H3,(H2,38,42). The van der Waals surface area contributed by atoms with Gasteiger partial charge in [-0.25, -0.2) is 0 Å². The van der Waals surface area contributed by atoms with Crippen LogP contribution in [0.2, 0.25) is 10.0 Å². The van der Waals surface area contributed by atoms with Gasteiger partial charge in [0.15, 0.2) is 11.5 Å². The summed E-state index contributed by atoms with van der Waals surface area (Å²) in [7, 11) is 6.14. The van der Waals surface area contributed by atoms with Gasteiger partial charge in [-0.2, -0.15) is 0 Å². The second-order valence-electron chi connectivity index (χ2n) is 11.8. The predicted octanol–water partition coefficient (Wildman–Crippen LogP) is 5.84. The Morgan fingerprint density at radius 1 is 0.957 bits per heavy atom. The Morgan fingerprint density at radius 3 is 2.22 bits per heavy atom. The minimum Gasteiger partial charge on any atom is -0.497 e. The van der Waals surface area contributed by atoms with E-state index in [0.29, 0.717) is 51.6 Å². The van der Waals surface area contributed by atoms with E-state index in [1.807, 2.05) is 41.3 Å². The third-order valence-corrected chi connectivity index (χ3v) is 10.8. The van der Waals surface area contributed by atoms with E-state index in [2.05, 4.69) is 12.2 Å². The lowest BCUT2D eigenvalue weighted by Crippen LogP contribution is -2.70. The van der Waals surface area contributed by atoms with Crippen LogP contribution in [0.15, 0.2) is 54.6 Å². The molecule has 5 rings (SSSR count). The van der Waals surface area contributed by atoms with E-state index >= 15 is 0 Å².